The van der Waals surface area contributed by atoms with Crippen LogP contribution in [0.15, 0.2) is 24.3 Å². The molecule has 0 unspecified atom stereocenters. The van der Waals surface area contributed by atoms with E-state index in [-0.39, 0.29) is 0 Å². The van der Waals surface area contributed by atoms with Gasteiger partial charge in [-0.25, -0.2) is 4.98 Å². The van der Waals surface area contributed by atoms with Crippen LogP contribution in [0.2, 0.25) is 4.34 Å². The van der Waals surface area contributed by atoms with Crippen LogP contribution in [0, 0.1) is 0 Å². The Morgan fingerprint density at radius 3 is 2.53 bits per heavy atom. The predicted octanol–water partition coefficient (Wildman–Crippen LogP) is 3.96. The second-order valence-corrected chi connectivity index (χ2v) is 5.63. The molecule has 0 fully saturated rings. The Morgan fingerprint density at radius 1 is 1.16 bits per heavy atom. The van der Waals surface area contributed by atoms with Crippen LogP contribution in [0.3, 0.4) is 0 Å². The van der Waals surface area contributed by atoms with Gasteiger partial charge in [-0.15, -0.1) is 11.3 Å². The summed E-state index contributed by atoms with van der Waals surface area (Å²) in [6, 6.07) is 7.53. The number of fused-ring (bicyclic) bond motifs is 1. The van der Waals surface area contributed by atoms with Gasteiger partial charge in [0.15, 0.2) is 11.5 Å². The first-order valence-electron chi connectivity index (χ1n) is 5.58. The second-order valence-electron chi connectivity index (χ2n) is 3.91. The quantitative estimate of drug-likeness (QED) is 0.795. The summed E-state index contributed by atoms with van der Waals surface area (Å²) in [6.45, 7) is 0. The van der Waals surface area contributed by atoms with Gasteiger partial charge >= 0.3 is 0 Å². The molecule has 0 aliphatic heterocycles. The number of methoxy groups -OCH3 is 2. The average molecular weight is 295 g/mol. The molecule has 2 heterocycles. The third kappa shape index (κ3) is 2.15. The van der Waals surface area contributed by atoms with Gasteiger partial charge in [-0.3, -0.25) is 0 Å². The third-order valence-electron chi connectivity index (χ3n) is 2.79. The monoisotopic (exact) mass is 294 g/mol. The number of hydrogen-bond donors (Lipinski definition) is 1. The van der Waals surface area contributed by atoms with E-state index in [2.05, 4.69) is 9.97 Å². The number of benzene rings is 1. The largest absolute Gasteiger partial charge is 0.493 e. The van der Waals surface area contributed by atoms with Crippen molar-refractivity contribution in [3.8, 4) is 22.2 Å². The SMILES string of the molecule is COc1cc2nc(-c3ccc(Cl)s3)[nH]c2cc1OC. The predicted molar refractivity (Wildman–Crippen MR) is 77.5 cm³/mol. The van der Waals surface area contributed by atoms with E-state index in [9.17, 15) is 0 Å². The van der Waals surface area contributed by atoms with Gasteiger partial charge in [0.25, 0.3) is 0 Å². The van der Waals surface area contributed by atoms with E-state index in [1.165, 1.54) is 11.3 Å². The van der Waals surface area contributed by atoms with Crippen molar-refractivity contribution in [3.05, 3.63) is 28.6 Å². The maximum atomic E-state index is 5.94. The summed E-state index contributed by atoms with van der Waals surface area (Å²) < 4.78 is 11.3. The topological polar surface area (TPSA) is 47.1 Å². The van der Waals surface area contributed by atoms with E-state index in [4.69, 9.17) is 21.1 Å². The molecular weight excluding hydrogens is 284 g/mol. The first-order chi connectivity index (χ1) is 9.21. The lowest BCUT2D eigenvalue weighted by Gasteiger charge is -2.06. The first-order valence-corrected chi connectivity index (χ1v) is 6.78. The molecule has 19 heavy (non-hydrogen) atoms. The summed E-state index contributed by atoms with van der Waals surface area (Å²) in [5, 5.41) is 0. The number of ether oxygens (including phenoxy) is 2. The normalized spacial score (nSPS) is 10.9. The summed E-state index contributed by atoms with van der Waals surface area (Å²) in [7, 11) is 3.22. The fourth-order valence-electron chi connectivity index (χ4n) is 1.90. The molecule has 0 aliphatic rings. The van der Waals surface area contributed by atoms with E-state index in [1.54, 1.807) is 14.2 Å². The van der Waals surface area contributed by atoms with Crippen LogP contribution in [0.5, 0.6) is 11.5 Å². The van der Waals surface area contributed by atoms with Crippen molar-refractivity contribution in [2.45, 2.75) is 0 Å². The van der Waals surface area contributed by atoms with Crippen molar-refractivity contribution >= 4 is 34.0 Å². The number of thiophene rings is 1. The van der Waals surface area contributed by atoms with Crippen molar-refractivity contribution in [2.75, 3.05) is 14.2 Å². The van der Waals surface area contributed by atoms with Gasteiger partial charge < -0.3 is 14.5 Å². The average Bonchev–Trinajstić information content (AvgIpc) is 3.02. The lowest BCUT2D eigenvalue weighted by molar-refractivity contribution is 0.356. The number of H-pyrrole nitrogens is 1. The van der Waals surface area contributed by atoms with Crippen LogP contribution >= 0.6 is 22.9 Å². The van der Waals surface area contributed by atoms with Crippen molar-refractivity contribution in [1.29, 1.82) is 0 Å². The van der Waals surface area contributed by atoms with Crippen molar-refractivity contribution in [1.82, 2.24) is 9.97 Å². The van der Waals surface area contributed by atoms with Gasteiger partial charge in [0.05, 0.1) is 34.5 Å². The maximum absolute atomic E-state index is 5.94. The highest BCUT2D eigenvalue weighted by Gasteiger charge is 2.12. The van der Waals surface area contributed by atoms with E-state index in [0.717, 1.165) is 26.1 Å². The molecule has 98 valence electrons. The molecular formula is C13H11ClN2O2S. The zero-order valence-electron chi connectivity index (χ0n) is 10.4. The van der Waals surface area contributed by atoms with Crippen LogP contribution in [0.4, 0.5) is 0 Å². The Morgan fingerprint density at radius 2 is 1.89 bits per heavy atom. The van der Waals surface area contributed by atoms with Crippen LogP contribution < -0.4 is 9.47 Å². The molecule has 1 N–H and O–H groups in total. The van der Waals surface area contributed by atoms with Gasteiger partial charge in [-0.05, 0) is 12.1 Å². The highest BCUT2D eigenvalue weighted by Crippen LogP contribution is 2.34. The minimum Gasteiger partial charge on any atom is -0.493 e. The van der Waals surface area contributed by atoms with E-state index in [0.29, 0.717) is 11.5 Å². The number of nitrogens with one attached hydrogen (secondary N) is 1. The smallest absolute Gasteiger partial charge is 0.163 e. The molecule has 0 bridgehead atoms. The minimum atomic E-state index is 0.664. The molecule has 6 heteroatoms. The molecule has 4 nitrogen and oxygen atoms in total. The molecule has 1 aromatic carbocycles. The van der Waals surface area contributed by atoms with Crippen molar-refractivity contribution in [2.24, 2.45) is 0 Å². The molecule has 0 saturated carbocycles. The molecule has 0 atom stereocenters. The highest BCUT2D eigenvalue weighted by atomic mass is 35.5. The molecule has 0 aliphatic carbocycles. The van der Waals surface area contributed by atoms with Crippen LogP contribution in [-0.2, 0) is 0 Å². The fourth-order valence-corrected chi connectivity index (χ4v) is 2.88. The fraction of sp³-hybridized carbons (Fsp3) is 0.154. The van der Waals surface area contributed by atoms with E-state index in [1.807, 2.05) is 24.3 Å². The molecule has 3 aromatic rings. The number of aromatic amines is 1. The number of aromatic nitrogens is 2. The Bertz CT molecular complexity index is 694. The highest BCUT2D eigenvalue weighted by molar-refractivity contribution is 7.19. The molecule has 2 aromatic heterocycles. The molecule has 3 rings (SSSR count). The van der Waals surface area contributed by atoms with Crippen LogP contribution in [-0.4, -0.2) is 24.2 Å². The van der Waals surface area contributed by atoms with Crippen LogP contribution in [0.1, 0.15) is 0 Å². The van der Waals surface area contributed by atoms with Crippen LogP contribution in [0.25, 0.3) is 21.7 Å². The van der Waals surface area contributed by atoms with Gasteiger partial charge in [-0.2, -0.15) is 0 Å². The number of hydrogen-bond acceptors (Lipinski definition) is 4. The van der Waals surface area contributed by atoms with E-state index < -0.39 is 0 Å². The standard InChI is InChI=1S/C13H11ClN2O2S/c1-17-9-5-7-8(6-10(9)18-2)16-13(15-7)11-3-4-12(14)19-11/h3-6H,1-2H3,(H,15,16). The third-order valence-corrected chi connectivity index (χ3v) is 4.03. The Balaban J connectivity index is 2.15. The summed E-state index contributed by atoms with van der Waals surface area (Å²) in [5.74, 6) is 2.13. The lowest BCUT2D eigenvalue weighted by atomic mass is 10.3. The summed E-state index contributed by atoms with van der Waals surface area (Å²) in [5.41, 5.74) is 1.73. The maximum Gasteiger partial charge on any atom is 0.163 e. The zero-order valence-corrected chi connectivity index (χ0v) is 11.9. The number of nitrogens with zero attached hydrogens (tertiary/aromatic N) is 1. The van der Waals surface area contributed by atoms with Crippen molar-refractivity contribution in [3.63, 3.8) is 0 Å². The van der Waals surface area contributed by atoms with Gasteiger partial charge in [-0.1, -0.05) is 11.6 Å². The lowest BCUT2D eigenvalue weighted by Crippen LogP contribution is -1.89. The Hall–Kier alpha value is -1.72. The van der Waals surface area contributed by atoms with Crippen molar-refractivity contribution < 1.29 is 9.47 Å². The van der Waals surface area contributed by atoms with Gasteiger partial charge in [0.1, 0.15) is 5.82 Å². The van der Waals surface area contributed by atoms with Gasteiger partial charge in [0.2, 0.25) is 0 Å². The van der Waals surface area contributed by atoms with E-state index >= 15 is 0 Å². The number of imidazole rings is 1. The first kappa shape index (κ1) is 12.3. The summed E-state index contributed by atoms with van der Waals surface area (Å²) in [4.78, 5) is 8.80. The number of halogens is 1. The zero-order chi connectivity index (χ0) is 13.4. The van der Waals surface area contributed by atoms with Gasteiger partial charge in [0, 0.05) is 12.1 Å². The molecule has 0 saturated heterocycles. The minimum absolute atomic E-state index is 0.664. The Kier molecular flexibility index (Phi) is 3.08. The summed E-state index contributed by atoms with van der Waals surface area (Å²) >= 11 is 7.43. The molecule has 0 radical (unpaired) electrons. The second kappa shape index (κ2) is 4.75. The molecule has 0 amide bonds. The summed E-state index contributed by atoms with van der Waals surface area (Å²) in [6.07, 6.45) is 0. The Labute approximate surface area is 118 Å². The molecule has 0 spiro atoms. The number of rotatable bonds is 3.